The van der Waals surface area contributed by atoms with Crippen LogP contribution in [0.15, 0.2) is 0 Å². The van der Waals surface area contributed by atoms with Crippen LogP contribution in [0.4, 0.5) is 4.79 Å². The highest BCUT2D eigenvalue weighted by Gasteiger charge is 2.25. The van der Waals surface area contributed by atoms with E-state index in [9.17, 15) is 4.79 Å². The summed E-state index contributed by atoms with van der Waals surface area (Å²) in [5, 5.41) is 2.55. The number of nitrogens with one attached hydrogen (secondary N) is 1. The lowest BCUT2D eigenvalue weighted by Gasteiger charge is -2.33. The van der Waals surface area contributed by atoms with Gasteiger partial charge in [0.25, 0.3) is 0 Å². The van der Waals surface area contributed by atoms with Crippen LogP contribution in [0.25, 0.3) is 0 Å². The van der Waals surface area contributed by atoms with E-state index in [1.165, 1.54) is 0 Å². The molecule has 2 aliphatic rings. The molecule has 2 radical (unpaired) electrons. The summed E-state index contributed by atoms with van der Waals surface area (Å²) in [6, 6.07) is 0. The van der Waals surface area contributed by atoms with E-state index in [0.717, 1.165) is 38.5 Å². The fraction of sp³-hybridized carbons (Fsp3) is 0.958. The molecule has 0 aliphatic carbocycles. The molecule has 7 atom stereocenters. The van der Waals surface area contributed by atoms with E-state index in [0.29, 0.717) is 37.3 Å². The lowest BCUT2D eigenvalue weighted by atomic mass is 10.0. The van der Waals surface area contributed by atoms with Crippen molar-refractivity contribution < 1.29 is 28.5 Å². The van der Waals surface area contributed by atoms with Crippen LogP contribution in [0.5, 0.6) is 0 Å². The Balaban J connectivity index is 0.000000452. The van der Waals surface area contributed by atoms with E-state index in [2.05, 4.69) is 39.9 Å². The molecule has 0 spiro atoms. The summed E-state index contributed by atoms with van der Waals surface area (Å²) >= 11 is 0. The third-order valence-corrected chi connectivity index (χ3v) is 5.29. The zero-order valence-corrected chi connectivity index (χ0v) is 21.7. The SMILES string of the molecule is CCC1CC(C)OC(CC)O1.CCNC(=O)OC(C)CC.[B]CC1OC(C)CC(CC)O1. The first kappa shape index (κ1) is 31.2. The van der Waals surface area contributed by atoms with Gasteiger partial charge in [0.05, 0.1) is 32.3 Å². The molecule has 2 heterocycles. The largest absolute Gasteiger partial charge is 0.447 e. The molecule has 188 valence electrons. The van der Waals surface area contributed by atoms with E-state index in [-0.39, 0.29) is 24.8 Å². The van der Waals surface area contributed by atoms with Crippen LogP contribution in [0, 0.1) is 0 Å². The van der Waals surface area contributed by atoms with Crippen molar-refractivity contribution in [2.24, 2.45) is 0 Å². The van der Waals surface area contributed by atoms with Crippen molar-refractivity contribution in [2.75, 3.05) is 6.54 Å². The van der Waals surface area contributed by atoms with Gasteiger partial charge in [-0.3, -0.25) is 0 Å². The normalized spacial score (nSPS) is 30.6. The molecule has 0 aromatic carbocycles. The predicted octanol–water partition coefficient (Wildman–Crippen LogP) is 5.36. The molecule has 0 aromatic rings. The topological polar surface area (TPSA) is 75.3 Å². The molecule has 1 amide bonds. The molecule has 0 bridgehead atoms. The van der Waals surface area contributed by atoms with Crippen LogP contribution in [0.2, 0.25) is 6.32 Å². The quantitative estimate of drug-likeness (QED) is 0.519. The van der Waals surface area contributed by atoms with Crippen molar-refractivity contribution in [1.82, 2.24) is 5.32 Å². The Morgan fingerprint density at radius 3 is 1.81 bits per heavy atom. The van der Waals surface area contributed by atoms with Gasteiger partial charge >= 0.3 is 6.09 Å². The Bertz CT molecular complexity index is 418. The number of hydrogen-bond acceptors (Lipinski definition) is 6. The maximum atomic E-state index is 10.7. The van der Waals surface area contributed by atoms with Gasteiger partial charge in [-0.05, 0) is 72.5 Å². The minimum atomic E-state index is -0.322. The van der Waals surface area contributed by atoms with Crippen molar-refractivity contribution in [3.63, 3.8) is 0 Å². The highest BCUT2D eigenvalue weighted by Crippen LogP contribution is 2.22. The molecular weight excluding hydrogens is 409 g/mol. The highest BCUT2D eigenvalue weighted by molar-refractivity contribution is 6.08. The first-order chi connectivity index (χ1) is 15.2. The van der Waals surface area contributed by atoms with E-state index < -0.39 is 0 Å². The highest BCUT2D eigenvalue weighted by atomic mass is 16.7. The number of carbonyl (C=O) groups excluding carboxylic acids is 1. The fourth-order valence-electron chi connectivity index (χ4n) is 3.26. The van der Waals surface area contributed by atoms with Crippen LogP contribution < -0.4 is 5.32 Å². The second kappa shape index (κ2) is 18.6. The number of alkyl carbamates (subject to hydrolysis) is 1. The number of hydrogen-bond donors (Lipinski definition) is 1. The van der Waals surface area contributed by atoms with Gasteiger partial charge in [-0.1, -0.05) is 27.7 Å². The molecular formula is C24H48BNO6. The lowest BCUT2D eigenvalue weighted by molar-refractivity contribution is -0.239. The van der Waals surface area contributed by atoms with Crippen LogP contribution in [0.1, 0.15) is 93.9 Å². The molecule has 0 aromatic heterocycles. The lowest BCUT2D eigenvalue weighted by Crippen LogP contribution is -2.36. The molecule has 32 heavy (non-hydrogen) atoms. The molecule has 7 nitrogen and oxygen atoms in total. The second-order valence-corrected chi connectivity index (χ2v) is 8.36. The minimum Gasteiger partial charge on any atom is -0.447 e. The van der Waals surface area contributed by atoms with Crippen LogP contribution in [0.3, 0.4) is 0 Å². The summed E-state index contributed by atoms with van der Waals surface area (Å²) in [5.74, 6) is 0. The minimum absolute atomic E-state index is 0.0200. The Hall–Kier alpha value is -0.825. The van der Waals surface area contributed by atoms with Crippen molar-refractivity contribution in [1.29, 1.82) is 0 Å². The Morgan fingerprint density at radius 2 is 1.41 bits per heavy atom. The average Bonchev–Trinajstić information content (AvgIpc) is 2.78. The van der Waals surface area contributed by atoms with E-state index >= 15 is 0 Å². The first-order valence-electron chi connectivity index (χ1n) is 12.5. The second-order valence-electron chi connectivity index (χ2n) is 8.36. The average molecular weight is 457 g/mol. The maximum absolute atomic E-state index is 10.7. The van der Waals surface area contributed by atoms with Gasteiger partial charge in [0.1, 0.15) is 6.10 Å². The summed E-state index contributed by atoms with van der Waals surface area (Å²) in [7, 11) is 5.43. The fourth-order valence-corrected chi connectivity index (χ4v) is 3.26. The van der Waals surface area contributed by atoms with Crippen molar-refractivity contribution in [3.05, 3.63) is 0 Å². The van der Waals surface area contributed by atoms with Crippen molar-refractivity contribution >= 4 is 13.9 Å². The van der Waals surface area contributed by atoms with Crippen LogP contribution in [-0.2, 0) is 23.7 Å². The summed E-state index contributed by atoms with van der Waals surface area (Å²) in [6.07, 6.45) is 7.46. The van der Waals surface area contributed by atoms with Crippen molar-refractivity contribution in [2.45, 2.75) is 143 Å². The molecule has 2 aliphatic heterocycles. The van der Waals surface area contributed by atoms with Gasteiger partial charge in [-0.2, -0.15) is 0 Å². The Morgan fingerprint density at radius 1 is 0.906 bits per heavy atom. The van der Waals surface area contributed by atoms with Gasteiger partial charge in [0, 0.05) is 6.54 Å². The molecule has 0 saturated carbocycles. The molecule has 2 saturated heterocycles. The van der Waals surface area contributed by atoms with E-state index in [1.807, 2.05) is 20.8 Å². The smallest absolute Gasteiger partial charge is 0.407 e. The first-order valence-corrected chi connectivity index (χ1v) is 12.5. The Kier molecular flexibility index (Phi) is 18.1. The molecule has 2 fully saturated rings. The van der Waals surface area contributed by atoms with Crippen LogP contribution >= 0.6 is 0 Å². The molecule has 2 rings (SSSR count). The van der Waals surface area contributed by atoms with Gasteiger partial charge in [-0.25, -0.2) is 4.79 Å². The monoisotopic (exact) mass is 457 g/mol. The van der Waals surface area contributed by atoms with Gasteiger partial charge in [0.2, 0.25) is 0 Å². The zero-order chi connectivity index (χ0) is 24.5. The third kappa shape index (κ3) is 14.3. The van der Waals surface area contributed by atoms with Crippen LogP contribution in [-0.4, -0.2) is 63.6 Å². The van der Waals surface area contributed by atoms with Crippen molar-refractivity contribution in [3.8, 4) is 0 Å². The summed E-state index contributed by atoms with van der Waals surface area (Å²) < 4.78 is 27.0. The molecule has 7 unspecified atom stereocenters. The number of carbonyl (C=O) groups is 1. The maximum Gasteiger partial charge on any atom is 0.407 e. The number of ether oxygens (including phenoxy) is 5. The number of rotatable bonds is 7. The van der Waals surface area contributed by atoms with E-state index in [4.69, 9.17) is 31.5 Å². The van der Waals surface area contributed by atoms with Gasteiger partial charge < -0.3 is 29.0 Å². The van der Waals surface area contributed by atoms with E-state index in [1.54, 1.807) is 0 Å². The molecule has 8 heteroatoms. The Labute approximate surface area is 198 Å². The van der Waals surface area contributed by atoms with Gasteiger partial charge in [0.15, 0.2) is 12.6 Å². The summed E-state index contributed by atoms with van der Waals surface area (Å²) in [4.78, 5) is 10.7. The molecule has 1 N–H and O–H groups in total. The van der Waals surface area contributed by atoms with Gasteiger partial charge in [-0.15, -0.1) is 0 Å². The predicted molar refractivity (Wildman–Crippen MR) is 129 cm³/mol. The zero-order valence-electron chi connectivity index (χ0n) is 21.7. The summed E-state index contributed by atoms with van der Waals surface area (Å²) in [5.41, 5.74) is 0. The standard InChI is InChI=1S/C9H18O2.C8H15BO2.C7H15NO2/c1-4-8-6-7(3)10-9(5-2)11-8;1-3-7-4-6(2)10-8(5-9)11-7;1-4-6(3)10-7(9)8-5-2/h7-9H,4-6H2,1-3H3;6-8H,3-5H2,1-2H3;6H,4-5H2,1-3H3,(H,8,9). The summed E-state index contributed by atoms with van der Waals surface area (Å²) in [6.45, 7) is 16.9. The number of amides is 1. The third-order valence-electron chi connectivity index (χ3n) is 5.29.